The molecule has 4 rings (SSSR count). The first-order valence-corrected chi connectivity index (χ1v) is 12.3. The van der Waals surface area contributed by atoms with Crippen LogP contribution in [0.5, 0.6) is 17.2 Å². The molecular formula is C29H28F3NO6. The highest BCUT2D eigenvalue weighted by Gasteiger charge is 2.35. The number of methoxy groups -OCH3 is 2. The maximum atomic E-state index is 13.6. The van der Waals surface area contributed by atoms with Crippen molar-refractivity contribution >= 4 is 11.9 Å². The van der Waals surface area contributed by atoms with E-state index in [9.17, 15) is 22.8 Å². The number of rotatable bonds is 8. The molecule has 1 unspecified atom stereocenters. The highest BCUT2D eigenvalue weighted by Crippen LogP contribution is 2.39. The van der Waals surface area contributed by atoms with Crippen molar-refractivity contribution in [2.75, 3.05) is 34.0 Å². The first-order chi connectivity index (χ1) is 18.7. The minimum atomic E-state index is -4.58. The van der Waals surface area contributed by atoms with E-state index in [-0.39, 0.29) is 25.3 Å². The number of esters is 1. The quantitative estimate of drug-likeness (QED) is 0.339. The number of nitrogens with zero attached hydrogens (tertiary/aromatic N) is 1. The van der Waals surface area contributed by atoms with Crippen LogP contribution in [0, 0.1) is 0 Å². The number of carbonyl (C=O) groups is 2. The summed E-state index contributed by atoms with van der Waals surface area (Å²) in [5, 5.41) is 0. The maximum Gasteiger partial charge on any atom is 0.416 e. The molecule has 3 aromatic carbocycles. The van der Waals surface area contributed by atoms with E-state index >= 15 is 0 Å². The summed E-state index contributed by atoms with van der Waals surface area (Å²) in [6.45, 7) is 2.23. The van der Waals surface area contributed by atoms with Crippen molar-refractivity contribution in [3.63, 3.8) is 0 Å². The zero-order valence-corrected chi connectivity index (χ0v) is 21.7. The Morgan fingerprint density at radius 1 is 0.949 bits per heavy atom. The summed E-state index contributed by atoms with van der Waals surface area (Å²) in [5.41, 5.74) is 1.05. The normalized spacial score (nSPS) is 14.8. The highest BCUT2D eigenvalue weighted by molar-refractivity contribution is 5.95. The second kappa shape index (κ2) is 11.7. The molecule has 39 heavy (non-hydrogen) atoms. The van der Waals surface area contributed by atoms with Gasteiger partial charge in [0.1, 0.15) is 12.4 Å². The van der Waals surface area contributed by atoms with Gasteiger partial charge in [-0.2, -0.15) is 13.2 Å². The lowest BCUT2D eigenvalue weighted by Gasteiger charge is -2.37. The van der Waals surface area contributed by atoms with Crippen LogP contribution in [0.25, 0.3) is 0 Å². The minimum Gasteiger partial charge on any atom is -0.493 e. The molecule has 3 aromatic rings. The van der Waals surface area contributed by atoms with Crippen LogP contribution in [-0.2, 0) is 17.3 Å². The van der Waals surface area contributed by atoms with E-state index in [1.807, 2.05) is 6.07 Å². The Morgan fingerprint density at radius 2 is 1.64 bits per heavy atom. The average molecular weight is 544 g/mol. The molecule has 1 heterocycles. The van der Waals surface area contributed by atoms with Crippen molar-refractivity contribution in [2.45, 2.75) is 25.6 Å². The van der Waals surface area contributed by atoms with Crippen LogP contribution in [0.1, 0.15) is 50.4 Å². The maximum absolute atomic E-state index is 13.6. The summed E-state index contributed by atoms with van der Waals surface area (Å²) in [4.78, 5) is 27.0. The third-order valence-corrected chi connectivity index (χ3v) is 6.47. The number of alkyl halides is 3. The summed E-state index contributed by atoms with van der Waals surface area (Å²) >= 11 is 0. The number of benzene rings is 3. The molecule has 1 amide bonds. The molecule has 0 aromatic heterocycles. The average Bonchev–Trinajstić information content (AvgIpc) is 2.94. The van der Waals surface area contributed by atoms with Crippen LogP contribution >= 0.6 is 0 Å². The largest absolute Gasteiger partial charge is 0.493 e. The topological polar surface area (TPSA) is 74.3 Å². The van der Waals surface area contributed by atoms with Gasteiger partial charge in [0.25, 0.3) is 5.91 Å². The van der Waals surface area contributed by atoms with E-state index in [0.717, 1.165) is 23.3 Å². The lowest BCUT2D eigenvalue weighted by atomic mass is 9.91. The number of hydrogen-bond donors (Lipinski definition) is 0. The van der Waals surface area contributed by atoms with Crippen molar-refractivity contribution in [3.05, 3.63) is 88.5 Å². The van der Waals surface area contributed by atoms with Gasteiger partial charge in [0.15, 0.2) is 11.5 Å². The third kappa shape index (κ3) is 6.10. The number of carbonyl (C=O) groups excluding carboxylic acids is 2. The number of hydrogen-bond acceptors (Lipinski definition) is 6. The van der Waals surface area contributed by atoms with Gasteiger partial charge in [-0.15, -0.1) is 0 Å². The Labute approximate surface area is 224 Å². The Kier molecular flexibility index (Phi) is 8.32. The summed E-state index contributed by atoms with van der Waals surface area (Å²) in [5.74, 6) is 0.426. The Bertz CT molecular complexity index is 1340. The van der Waals surface area contributed by atoms with E-state index in [1.54, 1.807) is 37.3 Å². The Hall–Kier alpha value is -4.21. The first-order valence-electron chi connectivity index (χ1n) is 12.3. The zero-order valence-electron chi connectivity index (χ0n) is 21.7. The Balaban J connectivity index is 1.66. The van der Waals surface area contributed by atoms with E-state index in [4.69, 9.17) is 18.9 Å². The molecule has 0 saturated heterocycles. The molecule has 206 valence electrons. The summed E-state index contributed by atoms with van der Waals surface area (Å²) < 4.78 is 61.9. The molecule has 1 atom stereocenters. The second-order valence-corrected chi connectivity index (χ2v) is 8.80. The van der Waals surface area contributed by atoms with Crippen LogP contribution in [0.2, 0.25) is 0 Å². The fraction of sp³-hybridized carbons (Fsp3) is 0.310. The second-order valence-electron chi connectivity index (χ2n) is 8.80. The highest BCUT2D eigenvalue weighted by atomic mass is 19.4. The van der Waals surface area contributed by atoms with Gasteiger partial charge >= 0.3 is 12.1 Å². The minimum absolute atomic E-state index is 0.00589. The van der Waals surface area contributed by atoms with Gasteiger partial charge in [0.05, 0.1) is 38.0 Å². The lowest BCUT2D eigenvalue weighted by molar-refractivity contribution is -0.137. The molecule has 0 N–H and O–H groups in total. The fourth-order valence-corrected chi connectivity index (χ4v) is 4.52. The van der Waals surface area contributed by atoms with E-state index in [1.165, 1.54) is 31.3 Å². The molecule has 7 nitrogen and oxygen atoms in total. The van der Waals surface area contributed by atoms with E-state index in [2.05, 4.69) is 0 Å². The van der Waals surface area contributed by atoms with Gasteiger partial charge in [-0.25, -0.2) is 4.79 Å². The molecule has 1 aliphatic heterocycles. The van der Waals surface area contributed by atoms with Crippen LogP contribution in [-0.4, -0.2) is 50.8 Å². The van der Waals surface area contributed by atoms with Gasteiger partial charge in [0.2, 0.25) is 0 Å². The predicted molar refractivity (Wildman–Crippen MR) is 136 cm³/mol. The molecule has 0 saturated carbocycles. The number of halogens is 3. The molecule has 0 aliphatic carbocycles. The van der Waals surface area contributed by atoms with Crippen molar-refractivity contribution < 1.29 is 41.7 Å². The SMILES string of the molecule is CCOC(=O)c1ccc(OCC2c3cc(OC)c(OC)cc3CCN2C(=O)c2cccc(C(F)(F)F)c2)cc1. The van der Waals surface area contributed by atoms with Crippen LogP contribution in [0.15, 0.2) is 60.7 Å². The van der Waals surface area contributed by atoms with Gasteiger partial charge in [-0.3, -0.25) is 4.79 Å². The molecule has 0 bridgehead atoms. The van der Waals surface area contributed by atoms with E-state index in [0.29, 0.717) is 29.2 Å². The van der Waals surface area contributed by atoms with Crippen LogP contribution in [0.4, 0.5) is 13.2 Å². The standard InChI is InChI=1S/C29H28F3NO6/c1-4-38-28(35)18-8-10-22(11-9-18)39-17-24-23-16-26(37-3)25(36-2)15-19(23)12-13-33(24)27(34)20-6-5-7-21(14-20)29(30,31)32/h5-11,14-16,24H,4,12-13,17H2,1-3H3. The molecule has 0 spiro atoms. The van der Waals surface area contributed by atoms with Crippen molar-refractivity contribution in [3.8, 4) is 17.2 Å². The molecular weight excluding hydrogens is 515 g/mol. The predicted octanol–water partition coefficient (Wildman–Crippen LogP) is 5.72. The zero-order chi connectivity index (χ0) is 28.2. The van der Waals surface area contributed by atoms with Gasteiger partial charge in [-0.05, 0) is 79.1 Å². The van der Waals surface area contributed by atoms with Gasteiger partial charge in [0, 0.05) is 12.1 Å². The van der Waals surface area contributed by atoms with E-state index < -0.39 is 29.7 Å². The molecule has 10 heteroatoms. The van der Waals surface area contributed by atoms with Crippen molar-refractivity contribution in [2.24, 2.45) is 0 Å². The molecule has 0 radical (unpaired) electrons. The fourth-order valence-electron chi connectivity index (χ4n) is 4.52. The number of fused-ring (bicyclic) bond motifs is 1. The van der Waals surface area contributed by atoms with Crippen molar-refractivity contribution in [1.29, 1.82) is 0 Å². The van der Waals surface area contributed by atoms with Gasteiger partial charge < -0.3 is 23.8 Å². The molecule has 0 fully saturated rings. The first kappa shape index (κ1) is 27.8. The number of amides is 1. The summed E-state index contributed by atoms with van der Waals surface area (Å²) in [7, 11) is 3.02. The monoisotopic (exact) mass is 543 g/mol. The summed E-state index contributed by atoms with van der Waals surface area (Å²) in [6.07, 6.45) is -4.11. The third-order valence-electron chi connectivity index (χ3n) is 6.47. The lowest BCUT2D eigenvalue weighted by Crippen LogP contribution is -2.42. The van der Waals surface area contributed by atoms with Crippen LogP contribution < -0.4 is 14.2 Å². The summed E-state index contributed by atoms with van der Waals surface area (Å²) in [6, 6.07) is 13.7. The number of ether oxygens (including phenoxy) is 4. The smallest absolute Gasteiger partial charge is 0.416 e. The Morgan fingerprint density at radius 3 is 2.28 bits per heavy atom. The van der Waals surface area contributed by atoms with Crippen LogP contribution in [0.3, 0.4) is 0 Å². The van der Waals surface area contributed by atoms with Gasteiger partial charge in [-0.1, -0.05) is 6.07 Å². The molecule has 1 aliphatic rings. The van der Waals surface area contributed by atoms with Crippen molar-refractivity contribution in [1.82, 2.24) is 4.90 Å².